The number of nitrogens with one attached hydrogen (secondary N) is 1. The first-order valence-electron chi connectivity index (χ1n) is 8.92. The minimum atomic E-state index is -0.934. The molecule has 0 radical (unpaired) electrons. The molecule has 29 heavy (non-hydrogen) atoms. The third-order valence-electron chi connectivity index (χ3n) is 3.88. The van der Waals surface area contributed by atoms with Crippen LogP contribution in [0, 0.1) is 5.92 Å². The summed E-state index contributed by atoms with van der Waals surface area (Å²) in [6.45, 7) is 3.60. The molecule has 0 heterocycles. The fourth-order valence-corrected chi connectivity index (χ4v) is 2.49. The minimum Gasteiger partial charge on any atom is -0.446 e. The van der Waals surface area contributed by atoms with Gasteiger partial charge in [-0.05, 0) is 29.7 Å². The van der Waals surface area contributed by atoms with Crippen molar-refractivity contribution in [3.8, 4) is 5.75 Å². The maximum absolute atomic E-state index is 12.5. The number of rotatable bonds is 8. The first kappa shape index (κ1) is 22.2. The van der Waals surface area contributed by atoms with Gasteiger partial charge < -0.3 is 19.5 Å². The van der Waals surface area contributed by atoms with Crippen LogP contribution >= 0.6 is 11.6 Å². The summed E-state index contributed by atoms with van der Waals surface area (Å²) >= 11 is 5.38. The summed E-state index contributed by atoms with van der Waals surface area (Å²) in [6.07, 6.45) is -0.732. The Balaban J connectivity index is 1.97. The molecule has 2 rings (SSSR count). The summed E-state index contributed by atoms with van der Waals surface area (Å²) in [6, 6.07) is 13.9. The summed E-state index contributed by atoms with van der Waals surface area (Å²) < 4.78 is 15.2. The van der Waals surface area contributed by atoms with E-state index in [4.69, 9.17) is 25.8 Å². The number of hydrogen-bond donors (Lipinski definition) is 1. The Morgan fingerprint density at radius 2 is 1.72 bits per heavy atom. The fraction of sp³-hybridized carbons (Fsp3) is 0.286. The molecule has 0 aliphatic carbocycles. The molecular weight excluding hydrogens is 398 g/mol. The van der Waals surface area contributed by atoms with Gasteiger partial charge in [-0.3, -0.25) is 0 Å². The molecule has 0 spiro atoms. The van der Waals surface area contributed by atoms with Gasteiger partial charge >= 0.3 is 18.0 Å². The van der Waals surface area contributed by atoms with Crippen LogP contribution in [0.1, 0.15) is 29.8 Å². The highest BCUT2D eigenvalue weighted by Gasteiger charge is 2.27. The van der Waals surface area contributed by atoms with E-state index in [0.29, 0.717) is 0 Å². The molecule has 2 aromatic carbocycles. The maximum atomic E-state index is 12.5. The van der Waals surface area contributed by atoms with E-state index in [1.807, 2.05) is 30.3 Å². The van der Waals surface area contributed by atoms with Crippen LogP contribution < -0.4 is 10.1 Å². The van der Waals surface area contributed by atoms with Gasteiger partial charge in [0.15, 0.2) is 6.07 Å². The predicted molar refractivity (Wildman–Crippen MR) is 107 cm³/mol. The van der Waals surface area contributed by atoms with Gasteiger partial charge in [-0.2, -0.15) is 0 Å². The highest BCUT2D eigenvalue weighted by atomic mass is 35.5. The molecule has 0 aliphatic heterocycles. The van der Waals surface area contributed by atoms with Gasteiger partial charge in [0.05, 0.1) is 5.56 Å². The van der Waals surface area contributed by atoms with E-state index in [0.717, 1.165) is 5.56 Å². The van der Waals surface area contributed by atoms with E-state index in [9.17, 15) is 14.4 Å². The Kier molecular flexibility index (Phi) is 8.48. The SMILES string of the molecule is CC(C)[C@H](NC(=O)OCc1ccccc1)C(=O)Oc1cccc(C(=O)OCCl)c1. The third-order valence-corrected chi connectivity index (χ3v) is 3.99. The number of hydrogen-bond acceptors (Lipinski definition) is 6. The molecule has 0 fully saturated rings. The molecule has 0 aromatic heterocycles. The van der Waals surface area contributed by atoms with Gasteiger partial charge in [-0.15, -0.1) is 0 Å². The molecule has 0 aliphatic rings. The lowest BCUT2D eigenvalue weighted by Gasteiger charge is -2.20. The highest BCUT2D eigenvalue weighted by molar-refractivity contribution is 6.17. The van der Waals surface area contributed by atoms with Crippen LogP contribution in [0.4, 0.5) is 4.79 Å². The average molecular weight is 420 g/mol. The zero-order valence-corrected chi connectivity index (χ0v) is 16.8. The Bertz CT molecular complexity index is 840. The largest absolute Gasteiger partial charge is 0.446 e. The number of benzene rings is 2. The number of amides is 1. The molecule has 154 valence electrons. The maximum Gasteiger partial charge on any atom is 0.408 e. The smallest absolute Gasteiger partial charge is 0.408 e. The van der Waals surface area contributed by atoms with Crippen molar-refractivity contribution in [1.82, 2.24) is 5.32 Å². The van der Waals surface area contributed by atoms with Crippen molar-refractivity contribution < 1.29 is 28.6 Å². The highest BCUT2D eigenvalue weighted by Crippen LogP contribution is 2.16. The number of carbonyl (C=O) groups is 3. The Hall–Kier alpha value is -3.06. The second-order valence-electron chi connectivity index (χ2n) is 6.42. The van der Waals surface area contributed by atoms with E-state index in [2.05, 4.69) is 5.32 Å². The molecule has 1 N–H and O–H groups in total. The molecule has 8 heteroatoms. The quantitative estimate of drug-likeness (QED) is 0.396. The van der Waals surface area contributed by atoms with Gasteiger partial charge in [0, 0.05) is 0 Å². The Morgan fingerprint density at radius 1 is 1.00 bits per heavy atom. The topological polar surface area (TPSA) is 90.9 Å². The lowest BCUT2D eigenvalue weighted by molar-refractivity contribution is -0.137. The third kappa shape index (κ3) is 7.12. The number of carbonyl (C=O) groups excluding carboxylic acids is 3. The lowest BCUT2D eigenvalue weighted by Crippen LogP contribution is -2.46. The van der Waals surface area contributed by atoms with Crippen LogP contribution in [0.15, 0.2) is 54.6 Å². The summed E-state index contributed by atoms with van der Waals surface area (Å²) in [5, 5.41) is 2.52. The van der Waals surface area contributed by atoms with Crippen molar-refractivity contribution in [3.63, 3.8) is 0 Å². The van der Waals surface area contributed by atoms with Crippen LogP contribution in [-0.4, -0.2) is 30.1 Å². The van der Waals surface area contributed by atoms with Crippen LogP contribution in [0.3, 0.4) is 0 Å². The van der Waals surface area contributed by atoms with E-state index in [1.54, 1.807) is 19.9 Å². The van der Waals surface area contributed by atoms with Gasteiger partial charge in [0.2, 0.25) is 0 Å². The van der Waals surface area contributed by atoms with Crippen molar-refractivity contribution in [2.45, 2.75) is 26.5 Å². The van der Waals surface area contributed by atoms with Crippen LogP contribution in [0.5, 0.6) is 5.75 Å². The summed E-state index contributed by atoms with van der Waals surface area (Å²) in [7, 11) is 0. The van der Waals surface area contributed by atoms with E-state index in [1.165, 1.54) is 18.2 Å². The molecular formula is C21H22ClNO6. The first-order valence-corrected chi connectivity index (χ1v) is 9.46. The monoisotopic (exact) mass is 419 g/mol. The van der Waals surface area contributed by atoms with Crippen LogP contribution in [-0.2, 0) is 20.9 Å². The molecule has 1 atom stereocenters. The molecule has 7 nitrogen and oxygen atoms in total. The van der Waals surface area contributed by atoms with Gasteiger partial charge in [0.1, 0.15) is 18.4 Å². The van der Waals surface area contributed by atoms with Crippen LogP contribution in [0.25, 0.3) is 0 Å². The molecule has 0 saturated carbocycles. The number of halogens is 1. The van der Waals surface area contributed by atoms with E-state index in [-0.39, 0.29) is 29.9 Å². The summed E-state index contributed by atoms with van der Waals surface area (Å²) in [5.41, 5.74) is 1.01. The van der Waals surface area contributed by atoms with Crippen LogP contribution in [0.2, 0.25) is 0 Å². The standard InChI is InChI=1S/C21H22ClNO6/c1-14(2)18(23-21(26)27-12-15-7-4-3-5-8-15)20(25)29-17-10-6-9-16(11-17)19(24)28-13-22/h3-11,14,18H,12-13H2,1-2H3,(H,23,26)/t18-/m0/s1. The number of ether oxygens (including phenoxy) is 3. The van der Waals surface area contributed by atoms with Crippen molar-refractivity contribution in [3.05, 3.63) is 65.7 Å². The zero-order valence-electron chi connectivity index (χ0n) is 16.1. The van der Waals surface area contributed by atoms with E-state index < -0.39 is 24.1 Å². The normalized spacial score (nSPS) is 11.4. The average Bonchev–Trinajstić information content (AvgIpc) is 2.71. The van der Waals surface area contributed by atoms with Crippen molar-refractivity contribution in [2.75, 3.05) is 6.07 Å². The van der Waals surface area contributed by atoms with Gasteiger partial charge in [-0.1, -0.05) is 61.8 Å². The first-order chi connectivity index (χ1) is 13.9. The number of alkyl carbamates (subject to hydrolysis) is 1. The summed E-state index contributed by atoms with van der Waals surface area (Å²) in [5.74, 6) is -1.43. The zero-order chi connectivity index (χ0) is 21.2. The van der Waals surface area contributed by atoms with Gasteiger partial charge in [0.25, 0.3) is 0 Å². The fourth-order valence-electron chi connectivity index (χ4n) is 2.39. The number of alkyl halides is 1. The van der Waals surface area contributed by atoms with E-state index >= 15 is 0 Å². The Morgan fingerprint density at radius 3 is 2.38 bits per heavy atom. The minimum absolute atomic E-state index is 0.0806. The summed E-state index contributed by atoms with van der Waals surface area (Å²) in [4.78, 5) is 36.4. The number of esters is 2. The second kappa shape index (κ2) is 11.1. The van der Waals surface area contributed by atoms with Gasteiger partial charge in [-0.25, -0.2) is 14.4 Å². The molecule has 0 saturated heterocycles. The molecule has 0 bridgehead atoms. The van der Waals surface area contributed by atoms with Crippen molar-refractivity contribution >= 4 is 29.6 Å². The second-order valence-corrected chi connectivity index (χ2v) is 6.64. The van der Waals surface area contributed by atoms with Crippen molar-refractivity contribution in [1.29, 1.82) is 0 Å². The molecule has 0 unspecified atom stereocenters. The molecule has 2 aromatic rings. The molecule has 1 amide bonds. The lowest BCUT2D eigenvalue weighted by atomic mass is 10.1. The predicted octanol–water partition coefficient (Wildman–Crippen LogP) is 3.90. The van der Waals surface area contributed by atoms with Crippen molar-refractivity contribution in [2.24, 2.45) is 5.92 Å². The Labute approximate surface area is 173 Å².